The van der Waals surface area contributed by atoms with Crippen molar-refractivity contribution in [2.45, 2.75) is 110 Å². The minimum absolute atomic E-state index is 0.0266. The molecule has 8 atom stereocenters. The van der Waals surface area contributed by atoms with Gasteiger partial charge in [0.1, 0.15) is 0 Å². The van der Waals surface area contributed by atoms with E-state index in [1.165, 1.54) is 0 Å². The SMILES string of the molecule is CC[C@H](C)C(CCC(=O)N1CCCC1C(OC)C(C)C(=O)NC(C)C(O)c1ccccc1)N(C)C(=O)CNC(=O)C(NC)C(C)C. The molecule has 0 saturated carbocycles. The molecule has 7 unspecified atom stereocenters. The van der Waals surface area contributed by atoms with Crippen LogP contribution in [-0.4, -0.2) is 103 Å². The van der Waals surface area contributed by atoms with Gasteiger partial charge in [-0.25, -0.2) is 0 Å². The van der Waals surface area contributed by atoms with Crippen LogP contribution in [-0.2, 0) is 23.9 Å². The first-order chi connectivity index (χ1) is 21.8. The molecule has 0 aromatic heterocycles. The number of carbonyl (C=O) groups is 4. The molecule has 4 amide bonds. The maximum Gasteiger partial charge on any atom is 0.241 e. The van der Waals surface area contributed by atoms with Crippen LogP contribution in [0.1, 0.15) is 85.3 Å². The minimum atomic E-state index is -0.854. The lowest BCUT2D eigenvalue weighted by Crippen LogP contribution is -2.52. The van der Waals surface area contributed by atoms with E-state index in [1.807, 2.05) is 49.1 Å². The number of rotatable bonds is 18. The predicted molar refractivity (Wildman–Crippen MR) is 180 cm³/mol. The number of aliphatic hydroxyl groups excluding tert-OH is 1. The maximum atomic E-state index is 13.7. The first-order valence-electron chi connectivity index (χ1n) is 16.8. The van der Waals surface area contributed by atoms with Gasteiger partial charge in [0.2, 0.25) is 23.6 Å². The van der Waals surface area contributed by atoms with E-state index in [1.54, 1.807) is 40.0 Å². The Morgan fingerprint density at radius 2 is 1.72 bits per heavy atom. The van der Waals surface area contributed by atoms with Crippen molar-refractivity contribution in [2.75, 3.05) is 34.3 Å². The molecule has 46 heavy (non-hydrogen) atoms. The van der Waals surface area contributed by atoms with Gasteiger partial charge in [0.05, 0.1) is 42.8 Å². The fourth-order valence-corrected chi connectivity index (χ4v) is 6.56. The smallest absolute Gasteiger partial charge is 0.241 e. The number of likely N-dealkylation sites (tertiary alicyclic amines) is 1. The second-order valence-corrected chi connectivity index (χ2v) is 13.2. The number of methoxy groups -OCH3 is 1. The molecule has 2 rings (SSSR count). The van der Waals surface area contributed by atoms with Gasteiger partial charge in [-0.05, 0) is 50.6 Å². The van der Waals surface area contributed by atoms with Crippen LogP contribution >= 0.6 is 0 Å². The van der Waals surface area contributed by atoms with Crippen LogP contribution in [0.2, 0.25) is 0 Å². The molecule has 1 heterocycles. The molecule has 1 saturated heterocycles. The van der Waals surface area contributed by atoms with Crippen LogP contribution in [0.25, 0.3) is 0 Å². The van der Waals surface area contributed by atoms with Gasteiger partial charge in [-0.3, -0.25) is 19.2 Å². The zero-order valence-corrected chi connectivity index (χ0v) is 29.4. The predicted octanol–water partition coefficient (Wildman–Crippen LogP) is 2.88. The van der Waals surface area contributed by atoms with E-state index in [4.69, 9.17) is 4.74 Å². The highest BCUT2D eigenvalue weighted by Gasteiger charge is 2.40. The third-order valence-corrected chi connectivity index (χ3v) is 9.68. The Hall–Kier alpha value is -3.02. The van der Waals surface area contributed by atoms with E-state index in [0.29, 0.717) is 13.0 Å². The molecule has 1 aromatic carbocycles. The average Bonchev–Trinajstić information content (AvgIpc) is 3.53. The van der Waals surface area contributed by atoms with E-state index in [-0.39, 0.29) is 66.6 Å². The lowest BCUT2D eigenvalue weighted by atomic mass is 9.92. The van der Waals surface area contributed by atoms with Crippen LogP contribution in [0.5, 0.6) is 0 Å². The quantitative estimate of drug-likeness (QED) is 0.193. The Kier molecular flexibility index (Phi) is 16.1. The first-order valence-corrected chi connectivity index (χ1v) is 16.8. The third-order valence-electron chi connectivity index (χ3n) is 9.68. The summed E-state index contributed by atoms with van der Waals surface area (Å²) >= 11 is 0. The fraction of sp³-hybridized carbons (Fsp3) is 0.714. The number of nitrogens with zero attached hydrogens (tertiary/aromatic N) is 2. The summed E-state index contributed by atoms with van der Waals surface area (Å²) in [4.78, 5) is 56.2. The van der Waals surface area contributed by atoms with Gasteiger partial charge < -0.3 is 35.6 Å². The van der Waals surface area contributed by atoms with Crippen molar-refractivity contribution in [3.63, 3.8) is 0 Å². The summed E-state index contributed by atoms with van der Waals surface area (Å²) in [6.45, 7) is 12.1. The van der Waals surface area contributed by atoms with Gasteiger partial charge in [-0.15, -0.1) is 0 Å². The Morgan fingerprint density at radius 3 is 2.28 bits per heavy atom. The van der Waals surface area contributed by atoms with Crippen LogP contribution in [0.15, 0.2) is 30.3 Å². The van der Waals surface area contributed by atoms with Crippen molar-refractivity contribution in [3.8, 4) is 0 Å². The molecule has 1 aliphatic rings. The highest BCUT2D eigenvalue weighted by molar-refractivity contribution is 5.87. The summed E-state index contributed by atoms with van der Waals surface area (Å²) in [5.74, 6) is -1.01. The summed E-state index contributed by atoms with van der Waals surface area (Å²) in [6.07, 6.45) is 1.74. The summed E-state index contributed by atoms with van der Waals surface area (Å²) < 4.78 is 5.85. The number of hydrogen-bond donors (Lipinski definition) is 4. The monoisotopic (exact) mass is 645 g/mol. The topological polar surface area (TPSA) is 140 Å². The van der Waals surface area contributed by atoms with Crippen LogP contribution in [0.4, 0.5) is 0 Å². The van der Waals surface area contributed by atoms with Gasteiger partial charge in [0, 0.05) is 33.2 Å². The molecule has 4 N–H and O–H groups in total. The van der Waals surface area contributed by atoms with Crippen molar-refractivity contribution >= 4 is 23.6 Å². The molecule has 11 nitrogen and oxygen atoms in total. The van der Waals surface area contributed by atoms with Gasteiger partial charge >= 0.3 is 0 Å². The number of carbonyl (C=O) groups excluding carboxylic acids is 4. The number of amides is 4. The number of benzene rings is 1. The van der Waals surface area contributed by atoms with E-state index in [9.17, 15) is 24.3 Å². The maximum absolute atomic E-state index is 13.7. The van der Waals surface area contributed by atoms with E-state index in [2.05, 4.69) is 29.8 Å². The van der Waals surface area contributed by atoms with Crippen molar-refractivity contribution in [1.82, 2.24) is 25.8 Å². The average molecular weight is 646 g/mol. The highest BCUT2D eigenvalue weighted by Crippen LogP contribution is 2.29. The molecule has 1 aromatic rings. The minimum Gasteiger partial charge on any atom is -0.386 e. The molecule has 0 radical (unpaired) electrons. The molecule has 11 heteroatoms. The molecule has 0 bridgehead atoms. The van der Waals surface area contributed by atoms with E-state index >= 15 is 0 Å². The lowest BCUT2D eigenvalue weighted by molar-refractivity contribution is -0.141. The summed E-state index contributed by atoms with van der Waals surface area (Å²) in [5, 5.41) is 19.4. The van der Waals surface area contributed by atoms with E-state index in [0.717, 1.165) is 24.8 Å². The number of likely N-dealkylation sites (N-methyl/N-ethyl adjacent to an activating group) is 2. The van der Waals surface area contributed by atoms with Crippen LogP contribution in [0.3, 0.4) is 0 Å². The number of ether oxygens (including phenoxy) is 1. The number of nitrogens with one attached hydrogen (secondary N) is 3. The Bertz CT molecular complexity index is 1120. The molecule has 0 aliphatic carbocycles. The molecule has 0 spiro atoms. The third kappa shape index (κ3) is 10.5. The van der Waals surface area contributed by atoms with Crippen molar-refractivity contribution in [2.24, 2.45) is 17.8 Å². The summed E-state index contributed by atoms with van der Waals surface area (Å²) in [7, 11) is 5.03. The van der Waals surface area contributed by atoms with Crippen LogP contribution < -0.4 is 16.0 Å². The van der Waals surface area contributed by atoms with Crippen LogP contribution in [0, 0.1) is 17.8 Å². The number of aliphatic hydroxyl groups is 1. The summed E-state index contributed by atoms with van der Waals surface area (Å²) in [5.41, 5.74) is 0.722. The Labute approximate surface area is 276 Å². The standard InChI is InChI=1S/C35H59N5O6/c1-10-23(4)27(39(8)30(42)21-37-35(45)31(36-7)22(2)3)18-19-29(41)40-20-14-17-28(40)33(46-9)24(5)34(44)38-25(6)32(43)26-15-12-11-13-16-26/h11-13,15-16,22-25,27-28,31-33,36,43H,10,14,17-21H2,1-9H3,(H,37,45)(H,38,44)/t23-,24?,25?,27?,28?,31?,32?,33?/m0/s1. The van der Waals surface area contributed by atoms with Gasteiger partial charge in [-0.1, -0.05) is 71.4 Å². The van der Waals surface area contributed by atoms with Gasteiger partial charge in [0.25, 0.3) is 0 Å². The largest absolute Gasteiger partial charge is 0.386 e. The molecule has 1 aliphatic heterocycles. The van der Waals surface area contributed by atoms with Crippen molar-refractivity contribution in [1.29, 1.82) is 0 Å². The first kappa shape index (κ1) is 39.2. The number of hydrogen-bond acceptors (Lipinski definition) is 7. The molecular formula is C35H59N5O6. The van der Waals surface area contributed by atoms with Crippen molar-refractivity contribution in [3.05, 3.63) is 35.9 Å². The zero-order chi connectivity index (χ0) is 34.6. The zero-order valence-electron chi connectivity index (χ0n) is 29.4. The molecule has 1 fully saturated rings. The van der Waals surface area contributed by atoms with E-state index < -0.39 is 24.2 Å². The summed E-state index contributed by atoms with van der Waals surface area (Å²) in [6, 6.07) is 7.87. The Morgan fingerprint density at radius 1 is 1.07 bits per heavy atom. The van der Waals surface area contributed by atoms with Gasteiger partial charge in [-0.2, -0.15) is 0 Å². The van der Waals surface area contributed by atoms with Crippen molar-refractivity contribution < 1.29 is 29.0 Å². The second-order valence-electron chi connectivity index (χ2n) is 13.2. The van der Waals surface area contributed by atoms with Gasteiger partial charge in [0.15, 0.2) is 0 Å². The lowest BCUT2D eigenvalue weighted by Gasteiger charge is -2.36. The molecule has 260 valence electrons. The second kappa shape index (κ2) is 19.0. The Balaban J connectivity index is 2.03. The fourth-order valence-electron chi connectivity index (χ4n) is 6.56. The highest BCUT2D eigenvalue weighted by atomic mass is 16.5. The normalized spacial score (nSPS) is 19.5. The molecular weight excluding hydrogens is 586 g/mol.